The second kappa shape index (κ2) is 24.3. The Morgan fingerprint density at radius 2 is 1.00 bits per heavy atom. The van der Waals surface area contributed by atoms with E-state index in [1.807, 2.05) is 36.4 Å². The summed E-state index contributed by atoms with van der Waals surface area (Å²) in [5.74, 6) is -1.66. The lowest BCUT2D eigenvalue weighted by Gasteiger charge is -2.03. The van der Waals surface area contributed by atoms with Gasteiger partial charge in [0.1, 0.15) is 0 Å². The normalized spacial score (nSPS) is 11.6. The van der Waals surface area contributed by atoms with Gasteiger partial charge < -0.3 is 10.2 Å². The highest BCUT2D eigenvalue weighted by Crippen LogP contribution is 2.14. The van der Waals surface area contributed by atoms with E-state index in [1.165, 1.54) is 96.3 Å². The molecule has 0 radical (unpaired) electrons. The van der Waals surface area contributed by atoms with Gasteiger partial charge in [0, 0.05) is 11.1 Å². The van der Waals surface area contributed by atoms with Crippen molar-refractivity contribution in [2.45, 2.75) is 130 Å². The van der Waals surface area contributed by atoms with Crippen molar-refractivity contribution in [3.8, 4) is 0 Å². The number of hydrogen-bond acceptors (Lipinski definition) is 2. The average molecular weight is 501 g/mol. The van der Waals surface area contributed by atoms with Crippen molar-refractivity contribution in [1.29, 1.82) is 0 Å². The van der Waals surface area contributed by atoms with Crippen LogP contribution in [0.4, 0.5) is 0 Å². The molecule has 2 N–H and O–H groups in total. The molecule has 1 rings (SSSR count). The Kier molecular flexibility index (Phi) is 22.7. The first-order valence-corrected chi connectivity index (χ1v) is 14.2. The maximum absolute atomic E-state index is 10.6. The van der Waals surface area contributed by atoms with Crippen LogP contribution >= 0.6 is 0 Å². The second-order valence-electron chi connectivity index (χ2n) is 9.83. The van der Waals surface area contributed by atoms with Crippen LogP contribution in [-0.2, 0) is 9.59 Å². The van der Waals surface area contributed by atoms with Crippen LogP contribution in [0.5, 0.6) is 0 Å². The van der Waals surface area contributed by atoms with Gasteiger partial charge in [-0.2, -0.15) is 0 Å². The SMILES string of the molecule is C/C(=C\c1ccccc1)C(=O)O.CCCCCCCCCCCCCCCCCC/C=C(\C)C(=O)O. The molecule has 36 heavy (non-hydrogen) atoms. The van der Waals surface area contributed by atoms with Crippen LogP contribution in [-0.4, -0.2) is 22.2 Å². The molecule has 0 spiro atoms. The third-order valence-electron chi connectivity index (χ3n) is 6.37. The predicted molar refractivity (Wildman–Crippen MR) is 153 cm³/mol. The molecule has 0 atom stereocenters. The number of carboxylic acids is 2. The molecular formula is C32H52O4. The Labute approximate surface area is 220 Å². The molecule has 204 valence electrons. The van der Waals surface area contributed by atoms with Crippen LogP contribution < -0.4 is 0 Å². The molecule has 4 heteroatoms. The molecule has 0 unspecified atom stereocenters. The zero-order valence-electron chi connectivity index (χ0n) is 23.3. The Morgan fingerprint density at radius 3 is 1.39 bits per heavy atom. The summed E-state index contributed by atoms with van der Waals surface area (Å²) >= 11 is 0. The lowest BCUT2D eigenvalue weighted by atomic mass is 10.0. The van der Waals surface area contributed by atoms with Crippen molar-refractivity contribution in [2.75, 3.05) is 0 Å². The highest BCUT2D eigenvalue weighted by molar-refractivity contribution is 5.91. The van der Waals surface area contributed by atoms with Gasteiger partial charge in [0.15, 0.2) is 0 Å². The molecule has 1 aromatic carbocycles. The molecule has 0 saturated heterocycles. The number of rotatable bonds is 20. The number of hydrogen-bond donors (Lipinski definition) is 2. The van der Waals surface area contributed by atoms with Gasteiger partial charge in [0.2, 0.25) is 0 Å². The van der Waals surface area contributed by atoms with Gasteiger partial charge in [0.05, 0.1) is 0 Å². The molecule has 4 nitrogen and oxygen atoms in total. The lowest BCUT2D eigenvalue weighted by Crippen LogP contribution is -1.95. The first-order valence-electron chi connectivity index (χ1n) is 14.2. The highest BCUT2D eigenvalue weighted by atomic mass is 16.4. The molecule has 0 heterocycles. The number of benzene rings is 1. The molecule has 0 amide bonds. The van der Waals surface area contributed by atoms with Crippen molar-refractivity contribution in [1.82, 2.24) is 0 Å². The van der Waals surface area contributed by atoms with Gasteiger partial charge in [-0.1, -0.05) is 140 Å². The summed E-state index contributed by atoms with van der Waals surface area (Å²) in [6.07, 6.45) is 26.4. The molecule has 0 aliphatic heterocycles. The van der Waals surface area contributed by atoms with E-state index in [9.17, 15) is 9.59 Å². The molecule has 1 aromatic rings. The fourth-order valence-corrected chi connectivity index (χ4v) is 3.96. The van der Waals surface area contributed by atoms with E-state index in [-0.39, 0.29) is 0 Å². The summed E-state index contributed by atoms with van der Waals surface area (Å²) in [6.45, 7) is 5.53. The van der Waals surface area contributed by atoms with Crippen molar-refractivity contribution in [3.05, 3.63) is 53.1 Å². The van der Waals surface area contributed by atoms with E-state index >= 15 is 0 Å². The summed E-state index contributed by atoms with van der Waals surface area (Å²) in [7, 11) is 0. The monoisotopic (exact) mass is 500 g/mol. The highest BCUT2D eigenvalue weighted by Gasteiger charge is 1.99. The van der Waals surface area contributed by atoms with Crippen molar-refractivity contribution in [2.24, 2.45) is 0 Å². The standard InChI is InChI=1S/C22H42O2.C10H10O2/c1-3-4-5-6-7-8-9-10-11-12-13-14-15-16-17-18-19-20-21(2)22(23)24;1-8(10(11)12)7-9-5-3-2-4-6-9/h20H,3-19H2,1-2H3,(H,23,24);2-7H,1H3,(H,11,12)/b21-20+;8-7+. The van der Waals surface area contributed by atoms with Crippen molar-refractivity contribution in [3.63, 3.8) is 0 Å². The van der Waals surface area contributed by atoms with Gasteiger partial charge >= 0.3 is 11.9 Å². The first-order chi connectivity index (χ1) is 17.4. The molecule has 0 fully saturated rings. The quantitative estimate of drug-likeness (QED) is 0.138. The van der Waals surface area contributed by atoms with E-state index in [1.54, 1.807) is 19.9 Å². The number of carbonyl (C=O) groups is 2. The number of carboxylic acid groups (broad SMARTS) is 2. The molecule has 0 aliphatic carbocycles. The first kappa shape index (κ1) is 33.6. The number of unbranched alkanes of at least 4 members (excludes halogenated alkanes) is 16. The van der Waals surface area contributed by atoms with Gasteiger partial charge in [-0.3, -0.25) is 0 Å². The van der Waals surface area contributed by atoms with E-state index in [0.29, 0.717) is 11.1 Å². The molecule has 0 aliphatic rings. The van der Waals surface area contributed by atoms with Gasteiger partial charge in [-0.05, 0) is 38.3 Å². The minimum absolute atomic E-state index is 0.348. The van der Waals surface area contributed by atoms with E-state index in [2.05, 4.69) is 6.92 Å². The smallest absolute Gasteiger partial charge is 0.331 e. The van der Waals surface area contributed by atoms with Crippen LogP contribution in [0, 0.1) is 0 Å². The maximum Gasteiger partial charge on any atom is 0.331 e. The fourth-order valence-electron chi connectivity index (χ4n) is 3.96. The third-order valence-corrected chi connectivity index (χ3v) is 6.37. The van der Waals surface area contributed by atoms with Gasteiger partial charge in [-0.25, -0.2) is 9.59 Å². The van der Waals surface area contributed by atoms with Gasteiger partial charge in [0.25, 0.3) is 0 Å². The number of allylic oxidation sites excluding steroid dienone is 1. The Morgan fingerprint density at radius 1 is 0.611 bits per heavy atom. The molecule has 0 aromatic heterocycles. The van der Waals surface area contributed by atoms with E-state index < -0.39 is 11.9 Å². The topological polar surface area (TPSA) is 74.6 Å². The number of aliphatic carboxylic acids is 2. The van der Waals surface area contributed by atoms with E-state index in [0.717, 1.165) is 18.4 Å². The molecule has 0 bridgehead atoms. The van der Waals surface area contributed by atoms with Crippen molar-refractivity contribution < 1.29 is 19.8 Å². The van der Waals surface area contributed by atoms with Crippen molar-refractivity contribution >= 4 is 18.0 Å². The van der Waals surface area contributed by atoms with Crippen LogP contribution in [0.3, 0.4) is 0 Å². The van der Waals surface area contributed by atoms with E-state index in [4.69, 9.17) is 10.2 Å². The van der Waals surface area contributed by atoms with Gasteiger partial charge in [-0.15, -0.1) is 0 Å². The molecular weight excluding hydrogens is 448 g/mol. The summed E-state index contributed by atoms with van der Waals surface area (Å²) in [5.41, 5.74) is 1.74. The van der Waals surface area contributed by atoms with Crippen LogP contribution in [0.2, 0.25) is 0 Å². The van der Waals surface area contributed by atoms with Crippen LogP contribution in [0.1, 0.15) is 135 Å². The zero-order valence-corrected chi connectivity index (χ0v) is 23.3. The Balaban J connectivity index is 0.000000846. The summed E-state index contributed by atoms with van der Waals surface area (Å²) in [5, 5.41) is 17.3. The van der Waals surface area contributed by atoms with Crippen LogP contribution in [0.15, 0.2) is 47.6 Å². The van der Waals surface area contributed by atoms with Crippen LogP contribution in [0.25, 0.3) is 6.08 Å². The third kappa shape index (κ3) is 22.1. The minimum Gasteiger partial charge on any atom is -0.478 e. The second-order valence-corrected chi connectivity index (χ2v) is 9.83. The average Bonchev–Trinajstić information content (AvgIpc) is 2.86. The fraction of sp³-hybridized carbons (Fsp3) is 0.625. The zero-order chi connectivity index (χ0) is 26.9. The molecule has 0 saturated carbocycles. The summed E-state index contributed by atoms with van der Waals surface area (Å²) in [6, 6.07) is 9.38. The largest absolute Gasteiger partial charge is 0.478 e. The maximum atomic E-state index is 10.6. The lowest BCUT2D eigenvalue weighted by molar-refractivity contribution is -0.133. The summed E-state index contributed by atoms with van der Waals surface area (Å²) < 4.78 is 0. The Bertz CT molecular complexity index is 734. The minimum atomic E-state index is -0.876. The predicted octanol–water partition coefficient (Wildman–Crippen LogP) is 9.84. The summed E-state index contributed by atoms with van der Waals surface area (Å²) in [4.78, 5) is 21.1. The Hall–Kier alpha value is -2.36.